The van der Waals surface area contributed by atoms with Crippen molar-refractivity contribution in [3.63, 3.8) is 0 Å². The molecule has 0 aliphatic heterocycles. The molecule has 0 spiro atoms. The van der Waals surface area contributed by atoms with Crippen molar-refractivity contribution in [1.82, 2.24) is 10.2 Å². The van der Waals surface area contributed by atoms with Crippen LogP contribution in [-0.4, -0.2) is 44.3 Å². The van der Waals surface area contributed by atoms with E-state index in [-0.39, 0.29) is 23.0 Å². The predicted octanol–water partition coefficient (Wildman–Crippen LogP) is 4.58. The zero-order valence-corrected chi connectivity index (χ0v) is 23.0. The van der Waals surface area contributed by atoms with Gasteiger partial charge in [0.1, 0.15) is 18.4 Å². The zero-order valence-electron chi connectivity index (χ0n) is 22.1. The fraction of sp³-hybridized carbons (Fsp3) is 0.310. The molecule has 0 saturated heterocycles. The Morgan fingerprint density at radius 2 is 1.63 bits per heavy atom. The van der Waals surface area contributed by atoms with Crippen molar-refractivity contribution in [2.75, 3.05) is 17.4 Å². The first-order chi connectivity index (χ1) is 18.0. The number of halogens is 1. The van der Waals surface area contributed by atoms with Gasteiger partial charge in [-0.3, -0.25) is 13.9 Å². The van der Waals surface area contributed by atoms with E-state index in [2.05, 4.69) is 5.32 Å². The van der Waals surface area contributed by atoms with Gasteiger partial charge in [-0.25, -0.2) is 12.8 Å². The maximum absolute atomic E-state index is 14.9. The van der Waals surface area contributed by atoms with Crippen LogP contribution < -0.4 is 9.62 Å². The lowest BCUT2D eigenvalue weighted by Gasteiger charge is -2.32. The lowest BCUT2D eigenvalue weighted by atomic mass is 10.1. The summed E-state index contributed by atoms with van der Waals surface area (Å²) in [6.45, 7) is 7.09. The van der Waals surface area contributed by atoms with Crippen LogP contribution in [0.5, 0.6) is 0 Å². The highest BCUT2D eigenvalue weighted by Crippen LogP contribution is 2.27. The Balaban J connectivity index is 2.03. The second-order valence-electron chi connectivity index (χ2n) is 9.25. The number of rotatable bonds is 11. The molecule has 0 heterocycles. The predicted molar refractivity (Wildman–Crippen MR) is 147 cm³/mol. The Labute approximate surface area is 224 Å². The maximum atomic E-state index is 14.9. The number of sulfonamides is 1. The molecular formula is C29H34FN3O4S. The number of amides is 2. The van der Waals surface area contributed by atoms with Crippen molar-refractivity contribution < 1.29 is 22.4 Å². The zero-order chi connectivity index (χ0) is 27.9. The lowest BCUT2D eigenvalue weighted by Crippen LogP contribution is -2.51. The van der Waals surface area contributed by atoms with Gasteiger partial charge < -0.3 is 10.2 Å². The maximum Gasteiger partial charge on any atom is 0.264 e. The Morgan fingerprint density at radius 3 is 2.26 bits per heavy atom. The number of carbonyl (C=O) groups excluding carboxylic acids is 2. The second-order valence-corrected chi connectivity index (χ2v) is 11.1. The topological polar surface area (TPSA) is 86.8 Å². The molecule has 0 saturated carbocycles. The summed E-state index contributed by atoms with van der Waals surface area (Å²) in [4.78, 5) is 27.9. The standard InChI is InChI=1S/C29H34FN3O4S/c1-5-17-31-29(35)23(4)32(19-24-10-8-9-22(3)18-24)28(34)20-33(27-12-7-6-11-26(27)30)38(36,37)25-15-13-21(2)14-16-25/h6-16,18,23H,5,17,19-20H2,1-4H3,(H,31,35)/t23-/m0/s1. The molecule has 38 heavy (non-hydrogen) atoms. The van der Waals surface area contributed by atoms with Gasteiger partial charge in [0.15, 0.2) is 0 Å². The van der Waals surface area contributed by atoms with E-state index >= 15 is 0 Å². The summed E-state index contributed by atoms with van der Waals surface area (Å²) >= 11 is 0. The van der Waals surface area contributed by atoms with Gasteiger partial charge in [0.2, 0.25) is 11.8 Å². The van der Waals surface area contributed by atoms with Gasteiger partial charge in [0, 0.05) is 13.1 Å². The molecule has 0 fully saturated rings. The van der Waals surface area contributed by atoms with Gasteiger partial charge in [0.25, 0.3) is 10.0 Å². The quantitative estimate of drug-likeness (QED) is 0.387. The van der Waals surface area contributed by atoms with Crippen molar-refractivity contribution in [2.24, 2.45) is 0 Å². The summed E-state index contributed by atoms with van der Waals surface area (Å²) in [7, 11) is -4.32. The summed E-state index contributed by atoms with van der Waals surface area (Å²) in [5.74, 6) is -1.77. The number of para-hydroxylation sites is 1. The van der Waals surface area contributed by atoms with E-state index in [1.165, 1.54) is 35.2 Å². The van der Waals surface area contributed by atoms with Crippen LogP contribution in [0.25, 0.3) is 0 Å². The highest BCUT2D eigenvalue weighted by Gasteiger charge is 2.33. The third kappa shape index (κ3) is 6.98. The number of benzene rings is 3. The van der Waals surface area contributed by atoms with Crippen LogP contribution >= 0.6 is 0 Å². The molecular weight excluding hydrogens is 505 g/mol. The summed E-state index contributed by atoms with van der Waals surface area (Å²) in [5.41, 5.74) is 2.37. The average molecular weight is 540 g/mol. The summed E-state index contributed by atoms with van der Waals surface area (Å²) in [6, 6.07) is 18.1. The van der Waals surface area contributed by atoms with Crippen molar-refractivity contribution in [3.05, 3.63) is 95.3 Å². The van der Waals surface area contributed by atoms with Crippen LogP contribution in [0.4, 0.5) is 10.1 Å². The molecule has 0 aromatic heterocycles. The molecule has 0 radical (unpaired) electrons. The molecule has 7 nitrogen and oxygen atoms in total. The van der Waals surface area contributed by atoms with Gasteiger partial charge in [-0.15, -0.1) is 0 Å². The number of nitrogens with zero attached hydrogens (tertiary/aromatic N) is 2. The molecule has 0 unspecified atom stereocenters. The molecule has 1 N–H and O–H groups in total. The fourth-order valence-electron chi connectivity index (χ4n) is 3.99. The molecule has 202 valence electrons. The van der Waals surface area contributed by atoms with E-state index in [1.54, 1.807) is 19.1 Å². The van der Waals surface area contributed by atoms with E-state index in [9.17, 15) is 22.4 Å². The lowest BCUT2D eigenvalue weighted by molar-refractivity contribution is -0.139. The van der Waals surface area contributed by atoms with Crippen molar-refractivity contribution >= 4 is 27.5 Å². The van der Waals surface area contributed by atoms with Crippen LogP contribution in [-0.2, 0) is 26.2 Å². The van der Waals surface area contributed by atoms with Crippen molar-refractivity contribution in [1.29, 1.82) is 0 Å². The molecule has 3 aromatic rings. The van der Waals surface area contributed by atoms with Crippen LogP contribution in [0, 0.1) is 19.7 Å². The number of hydrogen-bond donors (Lipinski definition) is 1. The number of carbonyl (C=O) groups is 2. The summed E-state index contributed by atoms with van der Waals surface area (Å²) in [5, 5.41) is 2.80. The first-order valence-electron chi connectivity index (χ1n) is 12.5. The van der Waals surface area contributed by atoms with Gasteiger partial charge in [-0.1, -0.05) is 66.6 Å². The minimum atomic E-state index is -4.32. The Hall–Kier alpha value is -3.72. The highest BCUT2D eigenvalue weighted by atomic mass is 32.2. The van der Waals surface area contributed by atoms with E-state index in [0.717, 1.165) is 33.5 Å². The largest absolute Gasteiger partial charge is 0.354 e. The summed E-state index contributed by atoms with van der Waals surface area (Å²) in [6.07, 6.45) is 0.722. The van der Waals surface area contributed by atoms with Crippen LogP contribution in [0.3, 0.4) is 0 Å². The van der Waals surface area contributed by atoms with Crippen LogP contribution in [0.2, 0.25) is 0 Å². The number of hydrogen-bond acceptors (Lipinski definition) is 4. The highest BCUT2D eigenvalue weighted by molar-refractivity contribution is 7.92. The van der Waals surface area contributed by atoms with E-state index in [0.29, 0.717) is 6.54 Å². The van der Waals surface area contributed by atoms with Crippen LogP contribution in [0.15, 0.2) is 77.7 Å². The fourth-order valence-corrected chi connectivity index (χ4v) is 5.41. The van der Waals surface area contributed by atoms with E-state index in [1.807, 2.05) is 45.0 Å². The minimum Gasteiger partial charge on any atom is -0.354 e. The number of aryl methyl sites for hydroxylation is 2. The van der Waals surface area contributed by atoms with Gasteiger partial charge in [-0.05, 0) is 57.0 Å². The molecule has 0 bridgehead atoms. The molecule has 0 aliphatic rings. The monoisotopic (exact) mass is 539 g/mol. The molecule has 2 amide bonds. The third-order valence-corrected chi connectivity index (χ3v) is 7.93. The van der Waals surface area contributed by atoms with Gasteiger partial charge in [-0.2, -0.15) is 0 Å². The van der Waals surface area contributed by atoms with E-state index < -0.39 is 34.3 Å². The third-order valence-electron chi connectivity index (χ3n) is 6.16. The smallest absolute Gasteiger partial charge is 0.264 e. The Kier molecular flexibility index (Phi) is 9.63. The number of anilines is 1. The first kappa shape index (κ1) is 28.8. The Morgan fingerprint density at radius 1 is 0.947 bits per heavy atom. The summed E-state index contributed by atoms with van der Waals surface area (Å²) < 4.78 is 43.1. The molecule has 0 aliphatic carbocycles. The van der Waals surface area contributed by atoms with Crippen molar-refractivity contribution in [3.8, 4) is 0 Å². The average Bonchev–Trinajstić information content (AvgIpc) is 2.89. The molecule has 9 heteroatoms. The van der Waals surface area contributed by atoms with Gasteiger partial charge >= 0.3 is 0 Å². The number of nitrogens with one attached hydrogen (secondary N) is 1. The first-order valence-corrected chi connectivity index (χ1v) is 13.9. The van der Waals surface area contributed by atoms with Gasteiger partial charge in [0.05, 0.1) is 10.6 Å². The minimum absolute atomic E-state index is 0.0712. The molecule has 3 rings (SSSR count). The molecule has 1 atom stereocenters. The van der Waals surface area contributed by atoms with E-state index in [4.69, 9.17) is 0 Å². The molecule has 3 aromatic carbocycles. The normalized spacial score (nSPS) is 12.0. The van der Waals surface area contributed by atoms with Crippen molar-refractivity contribution in [2.45, 2.75) is 51.6 Å². The van der Waals surface area contributed by atoms with Crippen LogP contribution in [0.1, 0.15) is 37.0 Å². The second kappa shape index (κ2) is 12.7. The SMILES string of the molecule is CCCNC(=O)[C@H](C)N(Cc1cccc(C)c1)C(=O)CN(c1ccccc1F)S(=O)(=O)c1ccc(C)cc1. The Bertz CT molecular complexity index is 1380.